The number of carbonyl (C=O) groups excluding carboxylic acids is 4. The Morgan fingerprint density at radius 2 is 0.650 bits per heavy atom. The van der Waals surface area contributed by atoms with Crippen LogP contribution < -0.4 is 0 Å². The second kappa shape index (κ2) is 7.11. The van der Waals surface area contributed by atoms with Crippen molar-refractivity contribution in [3.05, 3.63) is 71.9 Å². The minimum atomic E-state index is -0.764. The van der Waals surface area contributed by atoms with Crippen molar-refractivity contribution in [3.63, 3.8) is 0 Å². The maximum atomic E-state index is 12.7. The molecule has 3 aromatic rings. The Bertz CT molecular complexity index is 1840. The van der Waals surface area contributed by atoms with Gasteiger partial charge in [0.05, 0.1) is 23.7 Å². The molecule has 0 radical (unpaired) electrons. The summed E-state index contributed by atoms with van der Waals surface area (Å²) in [5.74, 6) is -3.81. The first kappa shape index (κ1) is 21.4. The van der Waals surface area contributed by atoms with Crippen molar-refractivity contribution < 1.29 is 19.2 Å². The number of hydrogen-bond acceptors (Lipinski definition) is 10. The van der Waals surface area contributed by atoms with Crippen LogP contribution >= 0.6 is 0 Å². The SMILES string of the molecule is O=C1C(=O)C2C=CC1C1=C2c2nc1nc1ccc(nc3nc(nc4ccc(n2)[nH]4)C2=C3C3C=CC2C(=O)C3=O)[nH]1. The van der Waals surface area contributed by atoms with Crippen molar-refractivity contribution in [2.45, 2.75) is 0 Å². The number of aromatic nitrogens is 8. The zero-order valence-electron chi connectivity index (χ0n) is 20.2. The monoisotopic (exact) mass is 526 g/mol. The van der Waals surface area contributed by atoms with Gasteiger partial charge >= 0.3 is 0 Å². The number of rotatable bonds is 0. The third-order valence-electron chi connectivity index (χ3n) is 8.04. The Morgan fingerprint density at radius 1 is 0.400 bits per heavy atom. The summed E-state index contributed by atoms with van der Waals surface area (Å²) in [5.41, 5.74) is 3.98. The van der Waals surface area contributed by atoms with Gasteiger partial charge in [-0.3, -0.25) is 19.2 Å². The summed E-state index contributed by atoms with van der Waals surface area (Å²) in [6.45, 7) is 0. The molecule has 0 saturated carbocycles. The average Bonchev–Trinajstić information content (AvgIpc) is 3.73. The lowest BCUT2D eigenvalue weighted by atomic mass is 9.70. The molecule has 12 nitrogen and oxygen atoms in total. The summed E-state index contributed by atoms with van der Waals surface area (Å²) in [4.78, 5) is 85.1. The van der Waals surface area contributed by atoms with E-state index in [-0.39, 0.29) is 0 Å². The smallest absolute Gasteiger partial charge is 0.210 e. The number of nitrogens with zero attached hydrogens (tertiary/aromatic N) is 6. The van der Waals surface area contributed by atoms with E-state index in [1.165, 1.54) is 0 Å². The van der Waals surface area contributed by atoms with Gasteiger partial charge in [0.1, 0.15) is 22.6 Å². The predicted octanol–water partition coefficient (Wildman–Crippen LogP) is 1.62. The number of aromatic amines is 2. The lowest BCUT2D eigenvalue weighted by Crippen LogP contribution is -2.38. The first-order valence-electron chi connectivity index (χ1n) is 12.6. The molecule has 0 saturated heterocycles. The van der Waals surface area contributed by atoms with E-state index in [4.69, 9.17) is 0 Å². The first-order chi connectivity index (χ1) is 19.4. The van der Waals surface area contributed by atoms with Crippen molar-refractivity contribution >= 4 is 68.0 Å². The van der Waals surface area contributed by atoms with Gasteiger partial charge in [0.15, 0.2) is 23.3 Å². The second-order valence-corrected chi connectivity index (χ2v) is 10.2. The molecule has 0 aromatic carbocycles. The van der Waals surface area contributed by atoms with Crippen molar-refractivity contribution in [2.24, 2.45) is 23.7 Å². The number of carbonyl (C=O) groups is 4. The first-order valence-corrected chi connectivity index (χ1v) is 12.6. The molecule has 0 spiro atoms. The molecule has 0 fully saturated rings. The summed E-state index contributed by atoms with van der Waals surface area (Å²) in [7, 11) is 0. The average molecular weight is 526 g/mol. The van der Waals surface area contributed by atoms with Gasteiger partial charge < -0.3 is 9.97 Å². The number of ketones is 4. The van der Waals surface area contributed by atoms with Crippen molar-refractivity contribution in [1.82, 2.24) is 39.9 Å². The van der Waals surface area contributed by atoms with Crippen LogP contribution in [0.4, 0.5) is 0 Å². The van der Waals surface area contributed by atoms with Crippen LogP contribution in [0.1, 0.15) is 23.3 Å². The molecule has 4 atom stereocenters. The van der Waals surface area contributed by atoms with Crippen LogP contribution in [0.3, 0.4) is 0 Å². The number of nitrogens with one attached hydrogen (secondary N) is 2. The molecule has 11 rings (SSSR count). The topological polar surface area (TPSA) is 177 Å². The summed E-state index contributed by atoms with van der Waals surface area (Å²) in [6.07, 6.45) is 6.89. The van der Waals surface area contributed by atoms with E-state index < -0.39 is 46.8 Å². The number of H-pyrrole nitrogens is 2. The Balaban J connectivity index is 1.34. The van der Waals surface area contributed by atoms with E-state index in [2.05, 4.69) is 39.9 Å². The van der Waals surface area contributed by atoms with Crippen molar-refractivity contribution in [3.8, 4) is 0 Å². The molecule has 40 heavy (non-hydrogen) atoms. The molecule has 5 heterocycles. The lowest BCUT2D eigenvalue weighted by molar-refractivity contribution is -0.138. The highest BCUT2D eigenvalue weighted by molar-refractivity contribution is 6.48. The van der Waals surface area contributed by atoms with Gasteiger partial charge in [0.25, 0.3) is 0 Å². The fourth-order valence-corrected chi connectivity index (χ4v) is 6.27. The number of hydrogen-bond donors (Lipinski definition) is 2. The zero-order chi connectivity index (χ0) is 26.9. The van der Waals surface area contributed by atoms with E-state index in [0.29, 0.717) is 68.2 Å². The normalized spacial score (nSPS) is 25.8. The molecule has 6 aliphatic carbocycles. The molecule has 2 aliphatic heterocycles. The molecule has 2 N–H and O–H groups in total. The van der Waals surface area contributed by atoms with Crippen LogP contribution in [0.25, 0.3) is 44.9 Å². The number of fused-ring (bicyclic) bond motifs is 10. The van der Waals surface area contributed by atoms with Crippen LogP contribution in [0, 0.1) is 23.7 Å². The highest BCUT2D eigenvalue weighted by atomic mass is 16.2. The van der Waals surface area contributed by atoms with Crippen LogP contribution in [0.5, 0.6) is 0 Å². The van der Waals surface area contributed by atoms with Crippen molar-refractivity contribution in [2.75, 3.05) is 0 Å². The second-order valence-electron chi connectivity index (χ2n) is 10.2. The third-order valence-corrected chi connectivity index (χ3v) is 8.04. The van der Waals surface area contributed by atoms with Crippen LogP contribution in [0.2, 0.25) is 0 Å². The van der Waals surface area contributed by atoms with Gasteiger partial charge in [-0.1, -0.05) is 24.3 Å². The molecule has 0 amide bonds. The maximum Gasteiger partial charge on any atom is 0.210 e. The van der Waals surface area contributed by atoms with Gasteiger partial charge in [-0.2, -0.15) is 0 Å². The fraction of sp³-hybridized carbons (Fsp3) is 0.143. The quantitative estimate of drug-likeness (QED) is 0.323. The largest absolute Gasteiger partial charge is 0.325 e. The van der Waals surface area contributed by atoms with Crippen LogP contribution in [0.15, 0.2) is 48.6 Å². The lowest BCUT2D eigenvalue weighted by Gasteiger charge is -2.29. The Labute approximate surface area is 222 Å². The molecule has 3 aromatic heterocycles. The zero-order valence-corrected chi connectivity index (χ0v) is 20.2. The molecular formula is C28H14N8O4. The maximum absolute atomic E-state index is 12.7. The predicted molar refractivity (Wildman–Crippen MR) is 138 cm³/mol. The van der Waals surface area contributed by atoms with Gasteiger partial charge in [0.2, 0.25) is 23.1 Å². The minimum absolute atomic E-state index is 0.295. The van der Waals surface area contributed by atoms with E-state index in [1.54, 1.807) is 48.6 Å². The number of allylic oxidation sites excluding steroid dienone is 8. The summed E-state index contributed by atoms with van der Waals surface area (Å²) in [5, 5.41) is 0. The molecule has 12 heteroatoms. The highest BCUT2D eigenvalue weighted by Crippen LogP contribution is 2.48. The van der Waals surface area contributed by atoms with Crippen LogP contribution in [-0.2, 0) is 19.2 Å². The summed E-state index contributed by atoms with van der Waals surface area (Å²) < 4.78 is 0. The molecule has 8 aliphatic rings. The standard InChI is InChI=1S/C28H14N8O4/c37-21-9-1-2-10(22(21)38)18-17(9)25-31-13-5-6-15(29-13)33-27-19-11-3-4-12(24(40)23(11)39)20(19)28(36-27)34-16-8-7-14(30-16)32-26(18)35-25/h1-12H,(H2,29,30,31,32,33,34,35,36). The summed E-state index contributed by atoms with van der Waals surface area (Å²) >= 11 is 0. The van der Waals surface area contributed by atoms with E-state index in [1.807, 2.05) is 0 Å². The van der Waals surface area contributed by atoms with E-state index >= 15 is 0 Å². The van der Waals surface area contributed by atoms with Gasteiger partial charge in [-0.25, -0.2) is 29.9 Å². The van der Waals surface area contributed by atoms with Gasteiger partial charge in [-0.15, -0.1) is 0 Å². The number of Topliss-reactive ketones (excluding diaryl/α,β-unsaturated/α-hetero) is 4. The Morgan fingerprint density at radius 3 is 0.900 bits per heavy atom. The molecular weight excluding hydrogens is 512 g/mol. The molecule has 4 unspecified atom stereocenters. The van der Waals surface area contributed by atoms with Crippen molar-refractivity contribution in [1.29, 1.82) is 0 Å². The summed E-state index contributed by atoms with van der Waals surface area (Å²) in [6, 6.07) is 6.82. The molecule has 12 bridgehead atoms. The fourth-order valence-electron chi connectivity index (χ4n) is 6.27. The highest BCUT2D eigenvalue weighted by Gasteiger charge is 2.49. The van der Waals surface area contributed by atoms with E-state index in [0.717, 1.165) is 0 Å². The Kier molecular flexibility index (Phi) is 3.81. The Hall–Kier alpha value is -5.52. The molecule has 190 valence electrons. The van der Waals surface area contributed by atoms with Gasteiger partial charge in [0, 0.05) is 22.3 Å². The van der Waals surface area contributed by atoms with Gasteiger partial charge in [-0.05, 0) is 24.3 Å². The van der Waals surface area contributed by atoms with E-state index in [9.17, 15) is 19.2 Å². The third kappa shape index (κ3) is 2.64. The minimum Gasteiger partial charge on any atom is -0.325 e. The van der Waals surface area contributed by atoms with Crippen LogP contribution in [-0.4, -0.2) is 63.0 Å².